The number of anilines is 3. The number of nitro groups is 1. The largest absolute Gasteiger partial charge is 0.394 e. The van der Waals surface area contributed by atoms with Crippen molar-refractivity contribution < 1.29 is 14.4 Å². The molecule has 8 nitrogen and oxygen atoms in total. The van der Waals surface area contributed by atoms with Crippen molar-refractivity contribution in [3.8, 4) is 0 Å². The molecule has 1 aliphatic rings. The molecule has 1 heterocycles. The molecular formula is C16H18FN5O3. The van der Waals surface area contributed by atoms with Gasteiger partial charge in [-0.3, -0.25) is 10.1 Å². The van der Waals surface area contributed by atoms with E-state index >= 15 is 0 Å². The van der Waals surface area contributed by atoms with E-state index in [0.717, 1.165) is 30.7 Å². The Bertz CT molecular complexity index is 797. The van der Waals surface area contributed by atoms with Gasteiger partial charge in [-0.15, -0.1) is 0 Å². The smallest absolute Gasteiger partial charge is 0.306 e. The van der Waals surface area contributed by atoms with Crippen LogP contribution in [0.25, 0.3) is 0 Å². The Balaban J connectivity index is 1.88. The van der Waals surface area contributed by atoms with Crippen LogP contribution in [0.3, 0.4) is 0 Å². The zero-order valence-electron chi connectivity index (χ0n) is 13.6. The van der Waals surface area contributed by atoms with Crippen LogP contribution in [-0.4, -0.2) is 32.6 Å². The number of hydrogen-bond acceptors (Lipinski definition) is 7. The SMILES string of the molecule is C[C@@H](CO)Nc1nc(Nc2ccc(F)c([N+](=O)[O-])c2)cc(C2CC2)n1. The fraction of sp³-hybridized carbons (Fsp3) is 0.375. The third-order valence-corrected chi connectivity index (χ3v) is 3.81. The number of halogens is 1. The average Bonchev–Trinajstić information content (AvgIpc) is 3.41. The van der Waals surface area contributed by atoms with Gasteiger partial charge in [0.15, 0.2) is 0 Å². The lowest BCUT2D eigenvalue weighted by Gasteiger charge is -2.14. The summed E-state index contributed by atoms with van der Waals surface area (Å²) in [6, 6.07) is 5.13. The van der Waals surface area contributed by atoms with Gasteiger partial charge >= 0.3 is 5.69 Å². The summed E-state index contributed by atoms with van der Waals surface area (Å²) in [6.45, 7) is 1.73. The van der Waals surface area contributed by atoms with Crippen LogP contribution in [0.4, 0.5) is 27.5 Å². The van der Waals surface area contributed by atoms with E-state index < -0.39 is 16.4 Å². The standard InChI is InChI=1S/C16H18FN5O3/c1-9(8-23)18-16-20-13(10-2-3-10)7-15(21-16)19-11-4-5-12(17)14(6-11)22(24)25/h4-7,9-10,23H,2-3,8H2,1H3,(H2,18,19,20,21)/t9-/m0/s1. The molecule has 0 saturated heterocycles. The van der Waals surface area contributed by atoms with Gasteiger partial charge in [0, 0.05) is 29.8 Å². The maximum Gasteiger partial charge on any atom is 0.306 e. The van der Waals surface area contributed by atoms with Gasteiger partial charge in [0.25, 0.3) is 0 Å². The summed E-state index contributed by atoms with van der Waals surface area (Å²) in [6.07, 6.45) is 2.10. The molecule has 0 aliphatic heterocycles. The second-order valence-corrected chi connectivity index (χ2v) is 6.05. The number of hydrogen-bond donors (Lipinski definition) is 3. The minimum Gasteiger partial charge on any atom is -0.394 e. The van der Waals surface area contributed by atoms with E-state index in [-0.39, 0.29) is 12.6 Å². The number of nitrogens with zero attached hydrogens (tertiary/aromatic N) is 3. The average molecular weight is 347 g/mol. The molecule has 132 valence electrons. The summed E-state index contributed by atoms with van der Waals surface area (Å²) in [5, 5.41) is 26.0. The van der Waals surface area contributed by atoms with Crippen molar-refractivity contribution in [3.63, 3.8) is 0 Å². The Morgan fingerprint density at radius 3 is 2.80 bits per heavy atom. The topological polar surface area (TPSA) is 113 Å². The fourth-order valence-corrected chi connectivity index (χ4v) is 2.33. The number of nitro benzene ring substituents is 1. The van der Waals surface area contributed by atoms with Crippen molar-refractivity contribution in [2.24, 2.45) is 0 Å². The third kappa shape index (κ3) is 4.18. The van der Waals surface area contributed by atoms with Crippen molar-refractivity contribution in [2.75, 3.05) is 17.2 Å². The minimum absolute atomic E-state index is 0.0655. The molecule has 0 amide bonds. The molecule has 0 bridgehead atoms. The lowest BCUT2D eigenvalue weighted by molar-refractivity contribution is -0.387. The normalized spacial score (nSPS) is 14.8. The van der Waals surface area contributed by atoms with Crippen LogP contribution in [0.5, 0.6) is 0 Å². The zero-order chi connectivity index (χ0) is 18.0. The molecule has 3 rings (SSSR count). The molecule has 2 aromatic rings. The number of aromatic nitrogens is 2. The number of benzene rings is 1. The zero-order valence-corrected chi connectivity index (χ0v) is 13.6. The summed E-state index contributed by atoms with van der Waals surface area (Å²) in [7, 11) is 0. The summed E-state index contributed by atoms with van der Waals surface area (Å²) >= 11 is 0. The van der Waals surface area contributed by atoms with Crippen LogP contribution < -0.4 is 10.6 Å². The first-order valence-corrected chi connectivity index (χ1v) is 7.93. The van der Waals surface area contributed by atoms with Crippen LogP contribution in [0.1, 0.15) is 31.4 Å². The van der Waals surface area contributed by atoms with Crippen molar-refractivity contribution in [1.29, 1.82) is 0 Å². The first-order chi connectivity index (χ1) is 12.0. The van der Waals surface area contributed by atoms with Gasteiger partial charge in [-0.25, -0.2) is 4.98 Å². The van der Waals surface area contributed by atoms with E-state index in [1.165, 1.54) is 6.07 Å². The van der Waals surface area contributed by atoms with Gasteiger partial charge < -0.3 is 15.7 Å². The molecule has 1 atom stereocenters. The second-order valence-electron chi connectivity index (χ2n) is 6.05. The fourth-order valence-electron chi connectivity index (χ4n) is 2.33. The molecule has 0 unspecified atom stereocenters. The maximum absolute atomic E-state index is 13.5. The number of aliphatic hydroxyl groups excluding tert-OH is 1. The molecule has 1 aromatic heterocycles. The van der Waals surface area contributed by atoms with Crippen LogP contribution in [0, 0.1) is 15.9 Å². The van der Waals surface area contributed by atoms with Crippen LogP contribution >= 0.6 is 0 Å². The summed E-state index contributed by atoms with van der Waals surface area (Å²) in [4.78, 5) is 18.9. The molecule has 1 aliphatic carbocycles. The molecule has 25 heavy (non-hydrogen) atoms. The molecule has 0 spiro atoms. The second kappa shape index (κ2) is 6.98. The summed E-state index contributed by atoms with van der Waals surface area (Å²) in [5.41, 5.74) is 0.616. The van der Waals surface area contributed by atoms with Gasteiger partial charge in [-0.05, 0) is 31.9 Å². The first kappa shape index (κ1) is 17.0. The Kier molecular flexibility index (Phi) is 4.75. The first-order valence-electron chi connectivity index (χ1n) is 7.93. The predicted octanol–water partition coefficient (Wildman–Crippen LogP) is 2.94. The van der Waals surface area contributed by atoms with E-state index in [9.17, 15) is 14.5 Å². The molecular weight excluding hydrogens is 329 g/mol. The number of aliphatic hydroxyl groups is 1. The Morgan fingerprint density at radius 2 is 2.16 bits per heavy atom. The van der Waals surface area contributed by atoms with E-state index in [2.05, 4.69) is 20.6 Å². The van der Waals surface area contributed by atoms with Gasteiger partial charge in [-0.2, -0.15) is 9.37 Å². The third-order valence-electron chi connectivity index (χ3n) is 3.81. The minimum atomic E-state index is -0.893. The lowest BCUT2D eigenvalue weighted by atomic mass is 10.2. The molecule has 1 fully saturated rings. The van der Waals surface area contributed by atoms with E-state index in [0.29, 0.717) is 23.4 Å². The summed E-state index contributed by atoms with van der Waals surface area (Å²) in [5.74, 6) is 0.294. The Morgan fingerprint density at radius 1 is 1.40 bits per heavy atom. The van der Waals surface area contributed by atoms with Crippen molar-refractivity contribution in [3.05, 3.63) is 45.9 Å². The highest BCUT2D eigenvalue weighted by atomic mass is 19.1. The highest BCUT2D eigenvalue weighted by molar-refractivity contribution is 5.61. The maximum atomic E-state index is 13.5. The predicted molar refractivity (Wildman–Crippen MR) is 90.5 cm³/mol. The molecule has 1 saturated carbocycles. The quantitative estimate of drug-likeness (QED) is 0.521. The Hall–Kier alpha value is -2.81. The highest BCUT2D eigenvalue weighted by Crippen LogP contribution is 2.40. The Labute approximate surface area is 143 Å². The monoisotopic (exact) mass is 347 g/mol. The van der Waals surface area contributed by atoms with Gasteiger partial charge in [0.2, 0.25) is 11.8 Å². The van der Waals surface area contributed by atoms with E-state index in [1.54, 1.807) is 13.0 Å². The van der Waals surface area contributed by atoms with Gasteiger partial charge in [0.05, 0.1) is 17.2 Å². The van der Waals surface area contributed by atoms with Gasteiger partial charge in [-0.1, -0.05) is 0 Å². The van der Waals surface area contributed by atoms with Crippen molar-refractivity contribution >= 4 is 23.1 Å². The van der Waals surface area contributed by atoms with Gasteiger partial charge in [0.1, 0.15) is 5.82 Å². The van der Waals surface area contributed by atoms with E-state index in [1.807, 2.05) is 0 Å². The van der Waals surface area contributed by atoms with Crippen LogP contribution in [0.2, 0.25) is 0 Å². The molecule has 3 N–H and O–H groups in total. The number of rotatable bonds is 7. The van der Waals surface area contributed by atoms with Crippen LogP contribution in [-0.2, 0) is 0 Å². The highest BCUT2D eigenvalue weighted by Gasteiger charge is 2.26. The molecule has 0 radical (unpaired) electrons. The van der Waals surface area contributed by atoms with Crippen molar-refractivity contribution in [1.82, 2.24) is 9.97 Å². The van der Waals surface area contributed by atoms with Crippen LogP contribution in [0.15, 0.2) is 24.3 Å². The van der Waals surface area contributed by atoms with E-state index in [4.69, 9.17) is 5.11 Å². The molecule has 9 heteroatoms. The lowest BCUT2D eigenvalue weighted by Crippen LogP contribution is -2.21. The van der Waals surface area contributed by atoms with Crippen molar-refractivity contribution in [2.45, 2.75) is 31.7 Å². The summed E-state index contributed by atoms with van der Waals surface area (Å²) < 4.78 is 13.5. The molecule has 1 aromatic carbocycles. The number of nitrogens with one attached hydrogen (secondary N) is 2.